The molecule has 6 atom stereocenters. The lowest BCUT2D eigenvalue weighted by atomic mass is 9.85. The summed E-state index contributed by atoms with van der Waals surface area (Å²) in [4.78, 5) is 144. The Morgan fingerprint density at radius 3 is 1.63 bits per heavy atom. The molecule has 0 aliphatic carbocycles. The number of carbonyl (C=O) groups excluding carboxylic acids is 8. The minimum absolute atomic E-state index is 0.175. The Kier molecular flexibility index (Phi) is 22.8. The molecule has 0 aliphatic heterocycles. The number of Topliss-reactive ketones (excluding diaryl/α,β-unsaturated/α-hetero) is 1. The summed E-state index contributed by atoms with van der Waals surface area (Å²) in [7, 11) is 1.16. The summed E-state index contributed by atoms with van der Waals surface area (Å²) < 4.78 is 41.6. The van der Waals surface area contributed by atoms with E-state index >= 15 is 0 Å². The first-order chi connectivity index (χ1) is 32.9. The van der Waals surface area contributed by atoms with Gasteiger partial charge >= 0.3 is 24.1 Å². The van der Waals surface area contributed by atoms with Crippen molar-refractivity contribution < 1.29 is 81.2 Å². The number of para-hydroxylation sites is 1. The zero-order valence-electron chi connectivity index (χ0n) is 40.3. The summed E-state index contributed by atoms with van der Waals surface area (Å²) in [5.74, 6) is -14.5. The van der Waals surface area contributed by atoms with Gasteiger partial charge in [0.05, 0.1) is 19.3 Å². The summed E-state index contributed by atoms with van der Waals surface area (Å²) in [6, 6.07) is 3.22. The summed E-state index contributed by atoms with van der Waals surface area (Å²) >= 11 is 0. The molecule has 0 aromatic heterocycles. The Balaban J connectivity index is 2.52. The van der Waals surface area contributed by atoms with E-state index in [0.29, 0.717) is 11.1 Å². The van der Waals surface area contributed by atoms with E-state index < -0.39 is 157 Å². The topological polar surface area (TPSA) is 324 Å². The van der Waals surface area contributed by atoms with Crippen molar-refractivity contribution in [3.8, 4) is 0 Å². The summed E-state index contributed by atoms with van der Waals surface area (Å²) in [6.45, 7) is 9.49. The minimum atomic E-state index is -5.05. The molecular formula is C47H62F3N7O14. The predicted molar refractivity (Wildman–Crippen MR) is 247 cm³/mol. The number of nitrogens with zero attached hydrogens (tertiary/aromatic N) is 1. The summed E-state index contributed by atoms with van der Waals surface area (Å²) in [5.41, 5.74) is 0.0834. The molecule has 0 heterocycles. The normalized spacial score (nSPS) is 14.0. The van der Waals surface area contributed by atoms with Crippen molar-refractivity contribution in [3.63, 3.8) is 0 Å². The van der Waals surface area contributed by atoms with Crippen LogP contribution in [0, 0.1) is 18.3 Å². The number of halogens is 3. The number of amides is 7. The lowest BCUT2D eigenvalue weighted by Crippen LogP contribution is -2.62. The Morgan fingerprint density at radius 1 is 0.592 bits per heavy atom. The van der Waals surface area contributed by atoms with E-state index in [2.05, 4.69) is 26.6 Å². The van der Waals surface area contributed by atoms with E-state index in [9.17, 15) is 76.1 Å². The molecule has 0 bridgehead atoms. The largest absolute Gasteiger partial charge is 0.481 e. The Bertz CT molecular complexity index is 2270. The molecule has 2 aromatic rings. The van der Waals surface area contributed by atoms with Gasteiger partial charge in [-0.25, -0.2) is 0 Å². The van der Waals surface area contributed by atoms with Crippen LogP contribution in [0.3, 0.4) is 0 Å². The number of carboxylic acid groups (broad SMARTS) is 3. The number of nitrogens with one attached hydrogen (secondary N) is 6. The van der Waals surface area contributed by atoms with E-state index in [1.807, 2.05) is 5.32 Å². The third kappa shape index (κ3) is 21.0. The number of rotatable bonds is 27. The number of anilines is 1. The van der Waals surface area contributed by atoms with Gasteiger partial charge in [-0.1, -0.05) is 77.1 Å². The first kappa shape index (κ1) is 59.7. The van der Waals surface area contributed by atoms with Gasteiger partial charge in [-0.05, 0) is 54.4 Å². The second-order valence-corrected chi connectivity index (χ2v) is 18.2. The van der Waals surface area contributed by atoms with Gasteiger partial charge in [-0.15, -0.1) is 0 Å². The van der Waals surface area contributed by atoms with Crippen molar-refractivity contribution in [3.05, 3.63) is 65.7 Å². The molecule has 390 valence electrons. The van der Waals surface area contributed by atoms with E-state index in [0.717, 1.165) is 11.9 Å². The number of aryl methyl sites for hydroxylation is 1. The van der Waals surface area contributed by atoms with Crippen molar-refractivity contribution >= 4 is 70.7 Å². The molecule has 71 heavy (non-hydrogen) atoms. The van der Waals surface area contributed by atoms with Crippen LogP contribution in [-0.4, -0.2) is 130 Å². The molecule has 2 aromatic carbocycles. The van der Waals surface area contributed by atoms with Crippen LogP contribution < -0.4 is 36.8 Å². The molecule has 0 unspecified atom stereocenters. The molecular weight excluding hydrogens is 944 g/mol. The molecule has 24 heteroatoms. The number of benzene rings is 2. The van der Waals surface area contributed by atoms with Crippen LogP contribution in [0.4, 0.5) is 18.9 Å². The van der Waals surface area contributed by atoms with Gasteiger partial charge < -0.3 is 52.1 Å². The predicted octanol–water partition coefficient (Wildman–Crippen LogP) is 1.93. The Morgan fingerprint density at radius 2 is 1.10 bits per heavy atom. The van der Waals surface area contributed by atoms with Crippen LogP contribution >= 0.6 is 0 Å². The second kappa shape index (κ2) is 27.1. The van der Waals surface area contributed by atoms with Gasteiger partial charge in [0.2, 0.25) is 41.2 Å². The molecule has 9 N–H and O–H groups in total. The lowest BCUT2D eigenvalue weighted by Gasteiger charge is -2.34. The van der Waals surface area contributed by atoms with Crippen LogP contribution in [0.25, 0.3) is 0 Å². The maximum absolute atomic E-state index is 14.4. The van der Waals surface area contributed by atoms with Gasteiger partial charge in [-0.2, -0.15) is 13.2 Å². The molecule has 0 aliphatic rings. The highest BCUT2D eigenvalue weighted by Gasteiger charge is 2.42. The highest BCUT2D eigenvalue weighted by atomic mass is 19.4. The number of carboxylic acids is 3. The van der Waals surface area contributed by atoms with Gasteiger partial charge in [0.1, 0.15) is 36.3 Å². The lowest BCUT2D eigenvalue weighted by molar-refractivity contribution is -0.153. The van der Waals surface area contributed by atoms with E-state index in [-0.39, 0.29) is 18.5 Å². The second-order valence-electron chi connectivity index (χ2n) is 18.2. The average Bonchev–Trinajstić information content (AvgIpc) is 3.26. The smallest absolute Gasteiger partial charge is 0.391 e. The van der Waals surface area contributed by atoms with Crippen LogP contribution in [0.2, 0.25) is 0 Å². The quantitative estimate of drug-likeness (QED) is 0.0578. The number of likely N-dealkylation sites (N-methyl/N-ethyl adjacent to an activating group) is 1. The molecule has 21 nitrogen and oxygen atoms in total. The Hall–Kier alpha value is -7.40. The molecule has 0 radical (unpaired) electrons. The SMILES string of the molecule is Cc1ccccc1C[C@H](NC(=O)[C@H](CCC(=O)O)NC(=O)[C@H](CC(=O)O)NC(=O)CCC(=O)O)C(=O)N[C@H](C(=O)N[C@@H](CC(C)C)C(=O)N[C@@H](CC(F)(F)F)C(=O)C(=O)N(C)c1ccccc1)C(C)(C)C. The van der Waals surface area contributed by atoms with Crippen LogP contribution in [-0.2, 0) is 59.2 Å². The first-order valence-electron chi connectivity index (χ1n) is 22.3. The molecule has 0 spiro atoms. The van der Waals surface area contributed by atoms with Crippen molar-refractivity contribution in [2.45, 2.75) is 135 Å². The van der Waals surface area contributed by atoms with Crippen LogP contribution in [0.1, 0.15) is 90.7 Å². The van der Waals surface area contributed by atoms with Crippen LogP contribution in [0.15, 0.2) is 54.6 Å². The molecule has 0 saturated carbocycles. The van der Waals surface area contributed by atoms with E-state index in [1.54, 1.807) is 51.1 Å². The van der Waals surface area contributed by atoms with Gasteiger partial charge in [0, 0.05) is 32.0 Å². The monoisotopic (exact) mass is 1010 g/mol. The van der Waals surface area contributed by atoms with Crippen LogP contribution in [0.5, 0.6) is 0 Å². The fourth-order valence-corrected chi connectivity index (χ4v) is 6.89. The third-order valence-electron chi connectivity index (χ3n) is 10.7. The maximum Gasteiger partial charge on any atom is 0.391 e. The third-order valence-corrected chi connectivity index (χ3v) is 10.7. The minimum Gasteiger partial charge on any atom is -0.481 e. The summed E-state index contributed by atoms with van der Waals surface area (Å²) in [5, 5.41) is 41.6. The highest BCUT2D eigenvalue weighted by molar-refractivity contribution is 6.43. The standard InChI is InChI=1S/C47H62F3N7O14/c1-25(2)21-30(41(67)55-33(24-47(48,49)50)38(65)45(71)57(7)28-15-9-8-10-16-28)54-44(70)39(46(4,5)6)56-43(69)31(22-27-14-12-11-13-26(27)3)53-40(66)29(17-19-35(59)60)52-42(68)32(23-37(63)64)51-34(58)18-20-36(61)62/h8-16,25,29-33,39H,17-24H2,1-7H3,(H,51,58)(H,52,68)(H,53,66)(H,54,70)(H,55,67)(H,56,69)(H,59,60)(H,61,62)(H,63,64)/t29-,30-,31-,32-,33-,39+/m0/s1. The number of ketones is 1. The number of aliphatic carboxylic acids is 3. The van der Waals surface area contributed by atoms with Crippen molar-refractivity contribution in [2.24, 2.45) is 11.3 Å². The van der Waals surface area contributed by atoms with Crippen molar-refractivity contribution in [1.82, 2.24) is 31.9 Å². The van der Waals surface area contributed by atoms with E-state index in [4.69, 9.17) is 5.11 Å². The average molecular weight is 1010 g/mol. The molecule has 2 rings (SSSR count). The van der Waals surface area contributed by atoms with Gasteiger partial charge in [-0.3, -0.25) is 52.7 Å². The fraction of sp³-hybridized carbons (Fsp3) is 0.511. The van der Waals surface area contributed by atoms with Crippen molar-refractivity contribution in [2.75, 3.05) is 11.9 Å². The fourth-order valence-electron chi connectivity index (χ4n) is 6.89. The zero-order chi connectivity index (χ0) is 54.0. The number of carbonyl (C=O) groups is 11. The summed E-state index contributed by atoms with van der Waals surface area (Å²) in [6.07, 6.45) is -11.2. The zero-order valence-corrected chi connectivity index (χ0v) is 40.3. The first-order valence-corrected chi connectivity index (χ1v) is 22.3. The molecule has 0 fully saturated rings. The Labute approximate surface area is 407 Å². The maximum atomic E-state index is 14.4. The molecule has 0 saturated heterocycles. The molecule has 7 amide bonds. The highest BCUT2D eigenvalue weighted by Crippen LogP contribution is 2.24. The van der Waals surface area contributed by atoms with E-state index in [1.165, 1.54) is 45.0 Å². The van der Waals surface area contributed by atoms with Crippen molar-refractivity contribution in [1.29, 1.82) is 0 Å². The number of hydrogen-bond acceptors (Lipinski definition) is 11. The number of alkyl halides is 3. The van der Waals surface area contributed by atoms with Gasteiger partial charge in [0.15, 0.2) is 0 Å². The van der Waals surface area contributed by atoms with Gasteiger partial charge in [0.25, 0.3) is 5.91 Å². The number of hydrogen-bond donors (Lipinski definition) is 9.